The Balaban J connectivity index is 1.52. The van der Waals surface area contributed by atoms with E-state index in [9.17, 15) is 4.79 Å². The van der Waals surface area contributed by atoms with E-state index < -0.39 is 5.97 Å². The monoisotopic (exact) mass is 420 g/mol. The van der Waals surface area contributed by atoms with E-state index >= 15 is 0 Å². The van der Waals surface area contributed by atoms with Crippen LogP contribution in [0.3, 0.4) is 0 Å². The first-order valence-corrected chi connectivity index (χ1v) is 11.2. The van der Waals surface area contributed by atoms with E-state index in [0.29, 0.717) is 17.1 Å². The predicted octanol–water partition coefficient (Wildman–Crippen LogP) is 3.37. The van der Waals surface area contributed by atoms with Crippen LogP contribution in [0.25, 0.3) is 0 Å². The maximum atomic E-state index is 11.9. The van der Waals surface area contributed by atoms with Crippen molar-refractivity contribution in [3.8, 4) is 0 Å². The van der Waals surface area contributed by atoms with Crippen LogP contribution in [0, 0.1) is 5.92 Å². The minimum Gasteiger partial charge on any atom is -0.468 e. The first-order chi connectivity index (χ1) is 14.2. The molecule has 4 heterocycles. The van der Waals surface area contributed by atoms with Gasteiger partial charge in [0.25, 0.3) is 0 Å². The van der Waals surface area contributed by atoms with Gasteiger partial charge in [-0.3, -0.25) is 4.57 Å². The number of nitrogens with zero attached hydrogens (tertiary/aromatic N) is 4. The van der Waals surface area contributed by atoms with Crippen molar-refractivity contribution in [3.05, 3.63) is 23.7 Å². The molecule has 2 aliphatic rings. The lowest BCUT2D eigenvalue weighted by Gasteiger charge is -2.31. The molecule has 2 aliphatic heterocycles. The number of furan rings is 1. The van der Waals surface area contributed by atoms with Crippen LogP contribution in [0.5, 0.6) is 0 Å². The second-order valence-electron chi connectivity index (χ2n) is 7.74. The summed E-state index contributed by atoms with van der Waals surface area (Å²) in [7, 11) is 1.37. The van der Waals surface area contributed by atoms with Crippen molar-refractivity contribution in [1.29, 1.82) is 0 Å². The lowest BCUT2D eigenvalue weighted by atomic mass is 10.00. The number of ether oxygens (including phenoxy) is 2. The van der Waals surface area contributed by atoms with E-state index in [0.717, 1.165) is 56.1 Å². The van der Waals surface area contributed by atoms with E-state index in [4.69, 9.17) is 13.9 Å². The van der Waals surface area contributed by atoms with Gasteiger partial charge < -0.3 is 18.8 Å². The molecule has 9 heteroatoms. The first-order valence-electron chi connectivity index (χ1n) is 10.2. The van der Waals surface area contributed by atoms with Crippen LogP contribution in [0.15, 0.2) is 21.9 Å². The average molecular weight is 421 g/mol. The van der Waals surface area contributed by atoms with Crippen LogP contribution in [-0.2, 0) is 21.8 Å². The number of piperidine rings is 1. The van der Waals surface area contributed by atoms with Crippen molar-refractivity contribution in [2.45, 2.75) is 56.2 Å². The number of anilines is 1. The molecular weight excluding hydrogens is 392 g/mol. The van der Waals surface area contributed by atoms with Crippen molar-refractivity contribution >= 4 is 23.7 Å². The quantitative estimate of drug-likeness (QED) is 0.498. The van der Waals surface area contributed by atoms with Crippen LogP contribution < -0.4 is 4.90 Å². The van der Waals surface area contributed by atoms with Gasteiger partial charge in [-0.05, 0) is 37.7 Å². The first kappa shape index (κ1) is 20.3. The maximum Gasteiger partial charge on any atom is 0.341 e. The highest BCUT2D eigenvalue weighted by Crippen LogP contribution is 2.30. The fourth-order valence-corrected chi connectivity index (χ4v) is 4.75. The number of carbonyl (C=O) groups is 1. The SMILES string of the molecule is COC(=O)c1ccoc1CSc1nnc(N2CCC(C)CC2)n1C[C@@H]1CCCO1. The van der Waals surface area contributed by atoms with Crippen molar-refractivity contribution in [3.63, 3.8) is 0 Å². The molecule has 0 saturated carbocycles. The molecule has 2 aromatic rings. The lowest BCUT2D eigenvalue weighted by Crippen LogP contribution is -2.35. The fraction of sp³-hybridized carbons (Fsp3) is 0.650. The minimum atomic E-state index is -0.390. The molecule has 8 nitrogen and oxygen atoms in total. The molecule has 2 aromatic heterocycles. The van der Waals surface area contributed by atoms with Crippen molar-refractivity contribution < 1.29 is 18.7 Å². The van der Waals surface area contributed by atoms with Crippen LogP contribution in [0.1, 0.15) is 48.7 Å². The molecule has 1 atom stereocenters. The third kappa shape index (κ3) is 4.61. The number of aromatic nitrogens is 3. The smallest absolute Gasteiger partial charge is 0.341 e. The topological polar surface area (TPSA) is 82.6 Å². The Kier molecular flexibility index (Phi) is 6.44. The van der Waals surface area contributed by atoms with E-state index in [1.165, 1.54) is 38.0 Å². The highest BCUT2D eigenvalue weighted by Gasteiger charge is 2.26. The van der Waals surface area contributed by atoms with E-state index in [1.54, 1.807) is 6.07 Å². The van der Waals surface area contributed by atoms with Crippen LogP contribution in [0.4, 0.5) is 5.95 Å². The molecular formula is C20H28N4O4S. The summed E-state index contributed by atoms with van der Waals surface area (Å²) in [6.45, 7) is 5.87. The summed E-state index contributed by atoms with van der Waals surface area (Å²) in [6.07, 6.45) is 6.21. The van der Waals surface area contributed by atoms with Gasteiger partial charge >= 0.3 is 5.97 Å². The molecule has 0 spiro atoms. The normalized spacial score (nSPS) is 20.3. The number of hydrogen-bond acceptors (Lipinski definition) is 8. The van der Waals surface area contributed by atoms with Crippen molar-refractivity contribution in [1.82, 2.24) is 14.8 Å². The van der Waals surface area contributed by atoms with Gasteiger partial charge in [-0.1, -0.05) is 18.7 Å². The molecule has 0 unspecified atom stereocenters. The summed E-state index contributed by atoms with van der Waals surface area (Å²) in [5, 5.41) is 9.81. The third-order valence-corrected chi connectivity index (χ3v) is 6.62. The zero-order valence-corrected chi connectivity index (χ0v) is 17.8. The Morgan fingerprint density at radius 1 is 1.31 bits per heavy atom. The van der Waals surface area contributed by atoms with Gasteiger partial charge in [0.1, 0.15) is 11.3 Å². The van der Waals surface area contributed by atoms with Crippen molar-refractivity contribution in [2.24, 2.45) is 5.92 Å². The molecule has 0 aliphatic carbocycles. The summed E-state index contributed by atoms with van der Waals surface area (Å²) in [6, 6.07) is 1.64. The van der Waals surface area contributed by atoms with Crippen LogP contribution in [0.2, 0.25) is 0 Å². The highest BCUT2D eigenvalue weighted by molar-refractivity contribution is 7.98. The van der Waals surface area contributed by atoms with Gasteiger partial charge in [0.05, 0.1) is 31.8 Å². The van der Waals surface area contributed by atoms with Gasteiger partial charge in [0.15, 0.2) is 5.16 Å². The summed E-state index contributed by atoms with van der Waals surface area (Å²) in [4.78, 5) is 14.2. The molecule has 4 rings (SSSR count). The Labute approximate surface area is 174 Å². The number of thioether (sulfide) groups is 1. The van der Waals surface area contributed by atoms with Gasteiger partial charge in [-0.15, -0.1) is 10.2 Å². The highest BCUT2D eigenvalue weighted by atomic mass is 32.2. The largest absolute Gasteiger partial charge is 0.468 e. The lowest BCUT2D eigenvalue weighted by molar-refractivity contribution is 0.0598. The Bertz CT molecular complexity index is 822. The summed E-state index contributed by atoms with van der Waals surface area (Å²) >= 11 is 1.52. The molecule has 2 fully saturated rings. The molecule has 158 valence electrons. The van der Waals surface area contributed by atoms with Gasteiger partial charge in [-0.2, -0.15) is 0 Å². The molecule has 29 heavy (non-hydrogen) atoms. The zero-order valence-electron chi connectivity index (χ0n) is 17.0. The Hall–Kier alpha value is -2.00. The maximum absolute atomic E-state index is 11.9. The van der Waals surface area contributed by atoms with E-state index in [1.807, 2.05) is 0 Å². The molecule has 0 radical (unpaired) electrons. The second-order valence-corrected chi connectivity index (χ2v) is 8.68. The number of carbonyl (C=O) groups excluding carboxylic acids is 1. The molecule has 0 bridgehead atoms. The van der Waals surface area contributed by atoms with E-state index in [2.05, 4.69) is 26.6 Å². The van der Waals surface area contributed by atoms with E-state index in [-0.39, 0.29) is 6.10 Å². The standard InChI is InChI=1S/C20H28N4O4S/c1-14-5-8-23(9-6-14)19-21-22-20(24(19)12-15-4-3-10-27-15)29-13-17-16(7-11-28-17)18(25)26-2/h7,11,14-15H,3-6,8-10,12-13H2,1-2H3/t15-/m0/s1. The molecule has 0 aromatic carbocycles. The van der Waals surface area contributed by atoms with Gasteiger partial charge in [-0.25, -0.2) is 4.79 Å². The third-order valence-electron chi connectivity index (χ3n) is 5.66. The summed E-state index contributed by atoms with van der Waals surface area (Å²) in [5.74, 6) is 2.35. The Morgan fingerprint density at radius 3 is 2.86 bits per heavy atom. The van der Waals surface area contributed by atoms with Crippen LogP contribution >= 0.6 is 11.8 Å². The Morgan fingerprint density at radius 2 is 2.14 bits per heavy atom. The van der Waals surface area contributed by atoms with Crippen molar-refractivity contribution in [2.75, 3.05) is 31.7 Å². The summed E-state index contributed by atoms with van der Waals surface area (Å²) in [5.41, 5.74) is 0.454. The van der Waals surface area contributed by atoms with Crippen LogP contribution in [-0.4, -0.2) is 53.6 Å². The molecule has 0 N–H and O–H groups in total. The number of methoxy groups -OCH3 is 1. The molecule has 0 amide bonds. The molecule has 2 saturated heterocycles. The minimum absolute atomic E-state index is 0.196. The number of rotatable bonds is 7. The predicted molar refractivity (Wildman–Crippen MR) is 109 cm³/mol. The summed E-state index contributed by atoms with van der Waals surface area (Å²) < 4.78 is 18.4. The zero-order chi connectivity index (χ0) is 20.2. The average Bonchev–Trinajstić information content (AvgIpc) is 3.48. The number of esters is 1. The second kappa shape index (κ2) is 9.21. The number of hydrogen-bond donors (Lipinski definition) is 0. The fourth-order valence-electron chi connectivity index (χ4n) is 3.86. The van der Waals surface area contributed by atoms with Gasteiger partial charge in [0.2, 0.25) is 5.95 Å². The van der Waals surface area contributed by atoms with Gasteiger partial charge in [0, 0.05) is 19.7 Å².